The summed E-state index contributed by atoms with van der Waals surface area (Å²) >= 11 is 0. The number of hydrogen-bond donors (Lipinski definition) is 0. The first-order chi connectivity index (χ1) is 16.8. The van der Waals surface area contributed by atoms with Crippen molar-refractivity contribution in [3.63, 3.8) is 0 Å². The second kappa shape index (κ2) is 10.8. The first-order valence-electron chi connectivity index (χ1n) is 11.9. The molecule has 0 heterocycles. The van der Waals surface area contributed by atoms with Crippen LogP contribution in [0.1, 0.15) is 66.0 Å². The minimum absolute atomic E-state index is 0.00296. The summed E-state index contributed by atoms with van der Waals surface area (Å²) in [6, 6.07) is 14.6. The molecule has 3 aromatic carbocycles. The van der Waals surface area contributed by atoms with Crippen molar-refractivity contribution in [3.8, 4) is 23.7 Å². The average Bonchev–Trinajstić information content (AvgIpc) is 2.87. The van der Waals surface area contributed by atoms with Gasteiger partial charge in [0, 0.05) is 22.3 Å². The number of hydrogen-bond acceptors (Lipinski definition) is 0. The molecule has 0 bridgehead atoms. The van der Waals surface area contributed by atoms with Gasteiger partial charge >= 0.3 is 0 Å². The number of rotatable bonds is 2. The molecule has 4 rings (SSSR count). The van der Waals surface area contributed by atoms with Crippen molar-refractivity contribution in [1.82, 2.24) is 0 Å². The van der Waals surface area contributed by atoms with Gasteiger partial charge in [-0.15, -0.1) is 0 Å². The summed E-state index contributed by atoms with van der Waals surface area (Å²) < 4.78 is 58.7. The second-order valence-electron chi connectivity index (χ2n) is 9.38. The van der Waals surface area contributed by atoms with Crippen molar-refractivity contribution in [3.05, 3.63) is 105 Å². The van der Waals surface area contributed by atoms with Gasteiger partial charge in [-0.2, -0.15) is 0 Å². The molecule has 35 heavy (non-hydrogen) atoms. The molecule has 0 spiro atoms. The molecule has 4 heteroatoms. The van der Waals surface area contributed by atoms with E-state index in [-0.39, 0.29) is 12.3 Å². The van der Waals surface area contributed by atoms with Gasteiger partial charge in [0.25, 0.3) is 0 Å². The van der Waals surface area contributed by atoms with Crippen LogP contribution < -0.4 is 0 Å². The van der Waals surface area contributed by atoms with Crippen LogP contribution >= 0.6 is 0 Å². The SMILES string of the molecule is Cc1ccc(C#Cc2ccc(C#Cc3c(F)c(F)c(CC4CCC(C)CC4)c(F)c3F)cc2)cc1. The first kappa shape index (κ1) is 24.6. The minimum Gasteiger partial charge on any atom is -0.203 e. The molecule has 0 amide bonds. The standard InChI is InChI=1S/C31H26F4/c1-20-3-7-22(8-4-20)11-12-23-13-15-24(16-14-23)17-18-26-28(32)30(34)27(31(35)29(26)33)19-25-9-5-21(2)6-10-25/h3-4,7-8,13-16,21,25H,5-6,9-10,19H2,1-2H3. The van der Waals surface area contributed by atoms with Crippen molar-refractivity contribution in [1.29, 1.82) is 0 Å². The summed E-state index contributed by atoms with van der Waals surface area (Å²) in [6.45, 7) is 4.14. The zero-order valence-electron chi connectivity index (χ0n) is 19.8. The van der Waals surface area contributed by atoms with Gasteiger partial charge in [-0.05, 0) is 74.4 Å². The first-order valence-corrected chi connectivity index (χ1v) is 11.9. The Morgan fingerprint density at radius 3 is 1.54 bits per heavy atom. The number of aryl methyl sites for hydroxylation is 1. The van der Waals surface area contributed by atoms with Crippen LogP contribution in [0, 0.1) is 65.7 Å². The van der Waals surface area contributed by atoms with E-state index >= 15 is 0 Å². The molecule has 1 aliphatic carbocycles. The fourth-order valence-corrected chi connectivity index (χ4v) is 4.34. The summed E-state index contributed by atoms with van der Waals surface area (Å²) in [4.78, 5) is 0. The highest BCUT2D eigenvalue weighted by atomic mass is 19.2. The maximum Gasteiger partial charge on any atom is 0.177 e. The van der Waals surface area contributed by atoms with Crippen LogP contribution in [-0.2, 0) is 6.42 Å². The van der Waals surface area contributed by atoms with E-state index in [0.29, 0.717) is 11.5 Å². The van der Waals surface area contributed by atoms with Gasteiger partial charge in [0.15, 0.2) is 23.3 Å². The van der Waals surface area contributed by atoms with Gasteiger partial charge in [-0.3, -0.25) is 0 Å². The minimum atomic E-state index is -1.43. The summed E-state index contributed by atoms with van der Waals surface area (Å²) in [5, 5.41) is 0. The maximum absolute atomic E-state index is 14.7. The van der Waals surface area contributed by atoms with E-state index in [9.17, 15) is 17.6 Å². The van der Waals surface area contributed by atoms with Crippen molar-refractivity contribution < 1.29 is 17.6 Å². The van der Waals surface area contributed by atoms with Gasteiger partial charge in [-0.25, -0.2) is 17.6 Å². The molecule has 3 aromatic rings. The lowest BCUT2D eigenvalue weighted by molar-refractivity contribution is 0.282. The Labute approximate surface area is 204 Å². The van der Waals surface area contributed by atoms with E-state index in [4.69, 9.17) is 0 Å². The number of halogens is 4. The molecule has 0 saturated heterocycles. The number of benzene rings is 3. The van der Waals surface area contributed by atoms with Gasteiger partial charge in [0.1, 0.15) is 5.56 Å². The molecule has 1 saturated carbocycles. The summed E-state index contributed by atoms with van der Waals surface area (Å²) in [6.07, 6.45) is 3.51. The van der Waals surface area contributed by atoms with E-state index in [1.165, 1.54) is 0 Å². The van der Waals surface area contributed by atoms with Crippen LogP contribution in [0.15, 0.2) is 48.5 Å². The Morgan fingerprint density at radius 2 is 1.06 bits per heavy atom. The van der Waals surface area contributed by atoms with E-state index in [2.05, 4.69) is 30.6 Å². The Hall–Kier alpha value is -3.50. The van der Waals surface area contributed by atoms with Crippen molar-refractivity contribution in [2.45, 2.75) is 46.0 Å². The van der Waals surface area contributed by atoms with Crippen molar-refractivity contribution >= 4 is 0 Å². The van der Waals surface area contributed by atoms with Crippen molar-refractivity contribution in [2.24, 2.45) is 11.8 Å². The van der Waals surface area contributed by atoms with Crippen LogP contribution in [0.2, 0.25) is 0 Å². The maximum atomic E-state index is 14.7. The molecule has 0 atom stereocenters. The Kier molecular flexibility index (Phi) is 7.62. The van der Waals surface area contributed by atoms with Crippen LogP contribution in [0.25, 0.3) is 0 Å². The lowest BCUT2D eigenvalue weighted by Gasteiger charge is -2.26. The predicted molar refractivity (Wildman–Crippen MR) is 131 cm³/mol. The largest absolute Gasteiger partial charge is 0.203 e. The fourth-order valence-electron chi connectivity index (χ4n) is 4.34. The molecule has 0 N–H and O–H groups in total. The monoisotopic (exact) mass is 474 g/mol. The van der Waals surface area contributed by atoms with Crippen molar-refractivity contribution in [2.75, 3.05) is 0 Å². The highest BCUT2D eigenvalue weighted by Gasteiger charge is 2.27. The Bertz CT molecular complexity index is 1290. The Morgan fingerprint density at radius 1 is 0.629 bits per heavy atom. The van der Waals surface area contributed by atoms with Crippen LogP contribution in [0.4, 0.5) is 17.6 Å². The van der Waals surface area contributed by atoms with E-state index in [1.807, 2.05) is 31.2 Å². The third kappa shape index (κ3) is 5.95. The lowest BCUT2D eigenvalue weighted by atomic mass is 9.80. The third-order valence-corrected chi connectivity index (χ3v) is 6.60. The fraction of sp³-hybridized carbons (Fsp3) is 0.290. The summed E-state index contributed by atoms with van der Waals surface area (Å²) in [5.74, 6) is 6.03. The lowest BCUT2D eigenvalue weighted by Crippen LogP contribution is -2.17. The van der Waals surface area contributed by atoms with Gasteiger partial charge in [-0.1, -0.05) is 61.1 Å². The quantitative estimate of drug-likeness (QED) is 0.203. The third-order valence-electron chi connectivity index (χ3n) is 6.60. The van der Waals surface area contributed by atoms with E-state index in [0.717, 1.165) is 42.4 Å². The normalized spacial score (nSPS) is 17.2. The van der Waals surface area contributed by atoms with Crippen LogP contribution in [0.3, 0.4) is 0 Å². The van der Waals surface area contributed by atoms with Gasteiger partial charge in [0.2, 0.25) is 0 Å². The van der Waals surface area contributed by atoms with Crippen LogP contribution in [0.5, 0.6) is 0 Å². The van der Waals surface area contributed by atoms with Gasteiger partial charge < -0.3 is 0 Å². The molecule has 1 fully saturated rings. The molecule has 0 aliphatic heterocycles. The zero-order chi connectivity index (χ0) is 24.9. The summed E-state index contributed by atoms with van der Waals surface area (Å²) in [7, 11) is 0. The average molecular weight is 475 g/mol. The topological polar surface area (TPSA) is 0 Å². The van der Waals surface area contributed by atoms with Gasteiger partial charge in [0.05, 0.1) is 0 Å². The van der Waals surface area contributed by atoms with E-state index in [1.54, 1.807) is 24.3 Å². The molecule has 0 nitrogen and oxygen atoms in total. The molecular formula is C31H26F4. The molecule has 0 aromatic heterocycles. The molecule has 0 unspecified atom stereocenters. The Balaban J connectivity index is 1.52. The second-order valence-corrected chi connectivity index (χ2v) is 9.38. The molecule has 0 radical (unpaired) electrons. The molecule has 1 aliphatic rings. The zero-order valence-corrected chi connectivity index (χ0v) is 19.8. The summed E-state index contributed by atoms with van der Waals surface area (Å²) in [5.41, 5.74) is 1.83. The highest BCUT2D eigenvalue weighted by molar-refractivity contribution is 5.49. The van der Waals surface area contributed by atoms with E-state index < -0.39 is 34.4 Å². The predicted octanol–water partition coefficient (Wildman–Crippen LogP) is 7.72. The molecular weight excluding hydrogens is 448 g/mol. The highest BCUT2D eigenvalue weighted by Crippen LogP contribution is 2.33. The molecule has 178 valence electrons. The smallest absolute Gasteiger partial charge is 0.177 e. The van der Waals surface area contributed by atoms with Crippen LogP contribution in [-0.4, -0.2) is 0 Å².